The first-order chi connectivity index (χ1) is 15.2. The lowest BCUT2D eigenvalue weighted by Gasteiger charge is -2.46. The van der Waals surface area contributed by atoms with Crippen molar-refractivity contribution in [1.82, 2.24) is 20.5 Å². The SMILES string of the molecule is COc1ccc2c3c([nH]c2c1)C(CC(C)C)N1C(=O)C(CC(=O)NC(C)C)NC(=O)C1C3. The van der Waals surface area contributed by atoms with E-state index in [0.717, 1.165) is 34.3 Å². The Balaban J connectivity index is 1.73. The van der Waals surface area contributed by atoms with Crippen molar-refractivity contribution in [2.45, 2.75) is 71.1 Å². The van der Waals surface area contributed by atoms with E-state index in [1.165, 1.54) is 0 Å². The number of aromatic nitrogens is 1. The number of amides is 3. The summed E-state index contributed by atoms with van der Waals surface area (Å²) >= 11 is 0. The minimum atomic E-state index is -0.849. The molecular weight excluding hydrogens is 408 g/mol. The molecule has 4 rings (SSSR count). The van der Waals surface area contributed by atoms with Crippen LogP contribution in [-0.2, 0) is 20.8 Å². The number of ether oxygens (including phenoxy) is 1. The van der Waals surface area contributed by atoms with E-state index in [2.05, 4.69) is 29.5 Å². The highest BCUT2D eigenvalue weighted by Crippen LogP contribution is 2.42. The third-order valence-corrected chi connectivity index (χ3v) is 6.25. The summed E-state index contributed by atoms with van der Waals surface area (Å²) in [7, 11) is 1.63. The Bertz CT molecular complexity index is 1060. The Morgan fingerprint density at radius 2 is 2.00 bits per heavy atom. The average molecular weight is 441 g/mol. The predicted molar refractivity (Wildman–Crippen MR) is 121 cm³/mol. The summed E-state index contributed by atoms with van der Waals surface area (Å²) in [6.07, 6.45) is 1.10. The molecular formula is C24H32N4O4. The molecule has 0 saturated carbocycles. The summed E-state index contributed by atoms with van der Waals surface area (Å²) in [5, 5.41) is 6.67. The Hall–Kier alpha value is -3.03. The summed E-state index contributed by atoms with van der Waals surface area (Å²) < 4.78 is 5.37. The highest BCUT2D eigenvalue weighted by Gasteiger charge is 2.48. The number of hydrogen-bond donors (Lipinski definition) is 3. The maximum absolute atomic E-state index is 13.5. The van der Waals surface area contributed by atoms with Crippen LogP contribution in [0.5, 0.6) is 5.75 Å². The Kier molecular flexibility index (Phi) is 5.88. The lowest BCUT2D eigenvalue weighted by molar-refractivity contribution is -0.154. The van der Waals surface area contributed by atoms with Crippen molar-refractivity contribution in [3.05, 3.63) is 29.5 Å². The number of fused-ring (bicyclic) bond motifs is 4. The van der Waals surface area contributed by atoms with Crippen LogP contribution in [0.3, 0.4) is 0 Å². The fourth-order valence-corrected chi connectivity index (χ4v) is 4.95. The molecule has 1 aromatic carbocycles. The number of methoxy groups -OCH3 is 1. The van der Waals surface area contributed by atoms with Crippen LogP contribution in [-0.4, -0.2) is 52.8 Å². The molecule has 8 nitrogen and oxygen atoms in total. The van der Waals surface area contributed by atoms with Gasteiger partial charge in [-0.25, -0.2) is 0 Å². The van der Waals surface area contributed by atoms with Gasteiger partial charge in [-0.05, 0) is 43.9 Å². The number of nitrogens with zero attached hydrogens (tertiary/aromatic N) is 1. The lowest BCUT2D eigenvalue weighted by Crippen LogP contribution is -2.66. The molecule has 0 spiro atoms. The summed E-state index contributed by atoms with van der Waals surface area (Å²) in [5.74, 6) is 0.426. The van der Waals surface area contributed by atoms with Crippen LogP contribution in [0.4, 0.5) is 0 Å². The third-order valence-electron chi connectivity index (χ3n) is 6.25. The number of H-pyrrole nitrogens is 1. The van der Waals surface area contributed by atoms with Crippen LogP contribution in [0, 0.1) is 5.92 Å². The minimum absolute atomic E-state index is 0.0285. The zero-order valence-electron chi connectivity index (χ0n) is 19.3. The normalized spacial score (nSPS) is 22.7. The van der Waals surface area contributed by atoms with Gasteiger partial charge >= 0.3 is 0 Å². The summed E-state index contributed by atoms with van der Waals surface area (Å²) in [6, 6.07) is 4.15. The van der Waals surface area contributed by atoms with Gasteiger partial charge in [0.2, 0.25) is 17.7 Å². The number of hydrogen-bond acceptors (Lipinski definition) is 4. The number of carbonyl (C=O) groups excluding carboxylic acids is 3. The number of aromatic amines is 1. The molecule has 0 bridgehead atoms. The molecule has 2 aliphatic heterocycles. The second-order valence-corrected chi connectivity index (χ2v) is 9.53. The molecule has 3 unspecified atom stereocenters. The van der Waals surface area contributed by atoms with Crippen LogP contribution < -0.4 is 15.4 Å². The topological polar surface area (TPSA) is 104 Å². The first-order valence-corrected chi connectivity index (χ1v) is 11.3. The molecule has 1 saturated heterocycles. The van der Waals surface area contributed by atoms with Gasteiger partial charge in [-0.1, -0.05) is 13.8 Å². The first-order valence-electron chi connectivity index (χ1n) is 11.3. The van der Waals surface area contributed by atoms with Crippen molar-refractivity contribution >= 4 is 28.6 Å². The van der Waals surface area contributed by atoms with Crippen LogP contribution in [0.15, 0.2) is 18.2 Å². The van der Waals surface area contributed by atoms with Crippen molar-refractivity contribution < 1.29 is 19.1 Å². The molecule has 3 heterocycles. The predicted octanol–water partition coefficient (Wildman–Crippen LogP) is 2.43. The lowest BCUT2D eigenvalue weighted by atomic mass is 9.85. The Labute approximate surface area is 188 Å². The van der Waals surface area contributed by atoms with Gasteiger partial charge in [0.15, 0.2) is 0 Å². The third kappa shape index (κ3) is 3.94. The zero-order valence-corrected chi connectivity index (χ0v) is 19.3. The highest BCUT2D eigenvalue weighted by atomic mass is 16.5. The van der Waals surface area contributed by atoms with E-state index < -0.39 is 12.1 Å². The molecule has 0 radical (unpaired) electrons. The standard InChI is InChI=1S/C24H32N4O4/c1-12(2)8-19-22-16(15-7-6-14(32-5)9-17(15)26-22)10-20-23(30)27-18(24(31)28(19)20)11-21(29)25-13(3)4/h6-7,9,12-13,18-20,26H,8,10-11H2,1-5H3,(H,25,29)(H,27,30). The summed E-state index contributed by atoms with van der Waals surface area (Å²) in [4.78, 5) is 44.2. The molecule has 3 atom stereocenters. The maximum atomic E-state index is 13.5. The smallest absolute Gasteiger partial charge is 0.246 e. The molecule has 1 aromatic heterocycles. The molecule has 3 N–H and O–H groups in total. The van der Waals surface area contributed by atoms with Gasteiger partial charge in [0, 0.05) is 35.1 Å². The van der Waals surface area contributed by atoms with Crippen LogP contribution in [0.25, 0.3) is 10.9 Å². The fourth-order valence-electron chi connectivity index (χ4n) is 4.95. The van der Waals surface area contributed by atoms with E-state index in [-0.39, 0.29) is 36.2 Å². The van der Waals surface area contributed by atoms with E-state index >= 15 is 0 Å². The number of rotatable bonds is 6. The summed E-state index contributed by atoms with van der Waals surface area (Å²) in [5.41, 5.74) is 2.99. The zero-order chi connectivity index (χ0) is 23.2. The second kappa shape index (κ2) is 8.48. The van der Waals surface area contributed by atoms with Crippen molar-refractivity contribution in [2.75, 3.05) is 7.11 Å². The van der Waals surface area contributed by atoms with Crippen molar-refractivity contribution in [3.63, 3.8) is 0 Å². The van der Waals surface area contributed by atoms with Gasteiger partial charge in [-0.15, -0.1) is 0 Å². The van der Waals surface area contributed by atoms with Gasteiger partial charge < -0.3 is 25.3 Å². The number of piperazine rings is 1. The van der Waals surface area contributed by atoms with E-state index in [0.29, 0.717) is 12.3 Å². The largest absolute Gasteiger partial charge is 0.497 e. The molecule has 172 valence electrons. The molecule has 2 aliphatic rings. The molecule has 1 fully saturated rings. The molecule has 0 aliphatic carbocycles. The van der Waals surface area contributed by atoms with E-state index in [1.54, 1.807) is 12.0 Å². The maximum Gasteiger partial charge on any atom is 0.246 e. The minimum Gasteiger partial charge on any atom is -0.497 e. The average Bonchev–Trinajstić information content (AvgIpc) is 3.08. The quantitative estimate of drug-likeness (QED) is 0.642. The van der Waals surface area contributed by atoms with Crippen molar-refractivity contribution in [1.29, 1.82) is 0 Å². The Morgan fingerprint density at radius 1 is 1.25 bits per heavy atom. The second-order valence-electron chi connectivity index (χ2n) is 9.53. The molecule has 3 amide bonds. The van der Waals surface area contributed by atoms with Crippen LogP contribution in [0.2, 0.25) is 0 Å². The van der Waals surface area contributed by atoms with Gasteiger partial charge in [0.25, 0.3) is 0 Å². The monoisotopic (exact) mass is 440 g/mol. The molecule has 32 heavy (non-hydrogen) atoms. The van der Waals surface area contributed by atoms with E-state index in [1.807, 2.05) is 32.0 Å². The van der Waals surface area contributed by atoms with E-state index in [9.17, 15) is 14.4 Å². The first kappa shape index (κ1) is 22.2. The van der Waals surface area contributed by atoms with Gasteiger partial charge in [0.05, 0.1) is 19.6 Å². The van der Waals surface area contributed by atoms with Crippen LogP contribution >= 0.6 is 0 Å². The highest BCUT2D eigenvalue weighted by molar-refractivity contribution is 6.01. The molecule has 8 heteroatoms. The van der Waals surface area contributed by atoms with Crippen molar-refractivity contribution in [3.8, 4) is 5.75 Å². The Morgan fingerprint density at radius 3 is 2.66 bits per heavy atom. The van der Waals surface area contributed by atoms with E-state index in [4.69, 9.17) is 4.74 Å². The van der Waals surface area contributed by atoms with Gasteiger partial charge in [-0.3, -0.25) is 14.4 Å². The van der Waals surface area contributed by atoms with Gasteiger partial charge in [0.1, 0.15) is 17.8 Å². The van der Waals surface area contributed by atoms with Crippen LogP contribution in [0.1, 0.15) is 57.8 Å². The van der Waals surface area contributed by atoms with Crippen molar-refractivity contribution in [2.24, 2.45) is 5.92 Å². The summed E-state index contributed by atoms with van der Waals surface area (Å²) in [6.45, 7) is 7.95. The number of nitrogens with one attached hydrogen (secondary N) is 3. The fraction of sp³-hybridized carbons (Fsp3) is 0.542. The van der Waals surface area contributed by atoms with Gasteiger partial charge in [-0.2, -0.15) is 0 Å². The number of carbonyl (C=O) groups is 3. The number of benzene rings is 1. The molecule has 2 aromatic rings.